The summed E-state index contributed by atoms with van der Waals surface area (Å²) in [5.41, 5.74) is 0.751. The highest BCUT2D eigenvalue weighted by molar-refractivity contribution is 7.87. The lowest BCUT2D eigenvalue weighted by Crippen LogP contribution is -2.46. The topological polar surface area (TPSA) is 102 Å². The quantitative estimate of drug-likeness (QED) is 0.615. The van der Waals surface area contributed by atoms with Crippen LogP contribution in [0.1, 0.15) is 6.92 Å². The lowest BCUT2D eigenvalue weighted by molar-refractivity contribution is -0.136. The third-order valence-corrected chi connectivity index (χ3v) is 5.34. The summed E-state index contributed by atoms with van der Waals surface area (Å²) in [6, 6.07) is 12.9. The van der Waals surface area contributed by atoms with Crippen LogP contribution < -0.4 is 15.4 Å². The highest BCUT2D eigenvalue weighted by atomic mass is 32.2. The van der Waals surface area contributed by atoms with Crippen LogP contribution in [0.25, 0.3) is 0 Å². The van der Waals surface area contributed by atoms with E-state index < -0.39 is 33.6 Å². The fourth-order valence-corrected chi connectivity index (χ4v) is 3.85. The number of hydrogen-bond acceptors (Lipinski definition) is 5. The number of hydrogen-bond donors (Lipinski definition) is 2. The molecule has 0 saturated heterocycles. The first kappa shape index (κ1) is 17.8. The Bertz CT molecular complexity index is 895. The molecule has 8 heteroatoms. The zero-order valence-corrected chi connectivity index (χ0v) is 14.7. The van der Waals surface area contributed by atoms with E-state index in [1.807, 2.05) is 6.92 Å². The average Bonchev–Trinajstić information content (AvgIpc) is 2.63. The first-order valence-corrected chi connectivity index (χ1v) is 9.11. The first-order valence-electron chi connectivity index (χ1n) is 7.89. The van der Waals surface area contributed by atoms with E-state index >= 15 is 0 Å². The number of fused-ring (bicyclic) bond motifs is 1. The Kier molecular flexibility index (Phi) is 5.13. The Labute approximate surface area is 152 Å². The van der Waals surface area contributed by atoms with Crippen molar-refractivity contribution in [3.05, 3.63) is 48.5 Å². The van der Waals surface area contributed by atoms with Crippen molar-refractivity contribution < 1.29 is 23.3 Å². The van der Waals surface area contributed by atoms with Crippen molar-refractivity contribution in [2.75, 3.05) is 17.2 Å². The number of rotatable bonds is 5. The van der Waals surface area contributed by atoms with E-state index in [9.17, 15) is 18.6 Å². The van der Waals surface area contributed by atoms with Crippen LogP contribution in [0.3, 0.4) is 0 Å². The predicted octanol–water partition coefficient (Wildman–Crippen LogP) is 1.72. The van der Waals surface area contributed by atoms with Gasteiger partial charge in [0, 0.05) is 5.69 Å². The van der Waals surface area contributed by atoms with Crippen molar-refractivity contribution in [1.82, 2.24) is 0 Å². The molecule has 7 nitrogen and oxygen atoms in total. The molecule has 2 atom stereocenters. The highest BCUT2D eigenvalue weighted by Gasteiger charge is 2.41. The second kappa shape index (κ2) is 7.49. The number of carbonyl (C=O) groups is 3. The standard InChI is InChI=1S/C18H16N2O5S/c1-2-25-12-9-7-11(8-10-12)19-17(22)15(21)16-18(23)20-13-5-3-4-6-14(13)26(16)24/h3-10,16H,2H2,1H3,(H,19,22)(H,20,23)/t16-,26+/m1/s1. The summed E-state index contributed by atoms with van der Waals surface area (Å²) in [7, 11) is -1.94. The Morgan fingerprint density at radius 3 is 2.54 bits per heavy atom. The van der Waals surface area contributed by atoms with Gasteiger partial charge in [0.2, 0.25) is 11.7 Å². The molecule has 2 aromatic carbocycles. The largest absolute Gasteiger partial charge is 0.494 e. The van der Waals surface area contributed by atoms with Gasteiger partial charge in [0.05, 0.1) is 28.0 Å². The van der Waals surface area contributed by atoms with Crippen molar-refractivity contribution in [3.63, 3.8) is 0 Å². The van der Waals surface area contributed by atoms with Gasteiger partial charge in [0.25, 0.3) is 5.91 Å². The summed E-state index contributed by atoms with van der Waals surface area (Å²) in [6.07, 6.45) is 0. The van der Waals surface area contributed by atoms with Crippen molar-refractivity contribution >= 4 is 39.8 Å². The second-order valence-electron chi connectivity index (χ2n) is 5.44. The van der Waals surface area contributed by atoms with Crippen LogP contribution in [0.15, 0.2) is 53.4 Å². The van der Waals surface area contributed by atoms with Crippen LogP contribution in [0.5, 0.6) is 5.75 Å². The molecule has 0 saturated carbocycles. The Balaban J connectivity index is 1.75. The maximum atomic E-state index is 12.6. The second-order valence-corrected chi connectivity index (χ2v) is 6.94. The van der Waals surface area contributed by atoms with Crippen LogP contribution in [-0.2, 0) is 25.2 Å². The molecule has 1 aliphatic heterocycles. The van der Waals surface area contributed by atoms with Gasteiger partial charge < -0.3 is 15.4 Å². The monoisotopic (exact) mass is 372 g/mol. The fourth-order valence-electron chi connectivity index (χ4n) is 2.50. The van der Waals surface area contributed by atoms with Gasteiger partial charge in [-0.1, -0.05) is 12.1 Å². The number of anilines is 2. The SMILES string of the molecule is CCOc1ccc(NC(=O)C(=O)[C@@H]2C(=O)Nc3ccccc3[S@@]2=O)cc1. The molecule has 0 aliphatic carbocycles. The van der Waals surface area contributed by atoms with Gasteiger partial charge >= 0.3 is 0 Å². The molecule has 0 bridgehead atoms. The summed E-state index contributed by atoms with van der Waals surface area (Å²) in [5.74, 6) is -2.18. The predicted molar refractivity (Wildman–Crippen MR) is 96.5 cm³/mol. The van der Waals surface area contributed by atoms with Crippen molar-refractivity contribution in [2.24, 2.45) is 0 Å². The summed E-state index contributed by atoms with van der Waals surface area (Å²) < 4.78 is 17.9. The van der Waals surface area contributed by atoms with Gasteiger partial charge in [-0.15, -0.1) is 0 Å². The van der Waals surface area contributed by atoms with Gasteiger partial charge in [-0.05, 0) is 43.3 Å². The summed E-state index contributed by atoms with van der Waals surface area (Å²) >= 11 is 0. The third kappa shape index (κ3) is 3.50. The van der Waals surface area contributed by atoms with Crippen LogP contribution >= 0.6 is 0 Å². The van der Waals surface area contributed by atoms with Crippen molar-refractivity contribution in [2.45, 2.75) is 17.1 Å². The summed E-state index contributed by atoms with van der Waals surface area (Å²) in [6.45, 7) is 2.36. The van der Waals surface area contributed by atoms with Gasteiger partial charge in [-0.25, -0.2) is 0 Å². The van der Waals surface area contributed by atoms with E-state index in [2.05, 4.69) is 10.6 Å². The van der Waals surface area contributed by atoms with Gasteiger partial charge in [-0.2, -0.15) is 0 Å². The van der Waals surface area contributed by atoms with E-state index in [1.54, 1.807) is 48.5 Å². The number of para-hydroxylation sites is 1. The lowest BCUT2D eigenvalue weighted by Gasteiger charge is -2.22. The van der Waals surface area contributed by atoms with Crippen LogP contribution in [-0.4, -0.2) is 33.7 Å². The average molecular weight is 372 g/mol. The normalized spacial score (nSPS) is 18.4. The number of benzene rings is 2. The molecular formula is C18H16N2O5S. The molecule has 2 amide bonds. The number of amides is 2. The minimum absolute atomic E-state index is 0.319. The Morgan fingerprint density at radius 2 is 1.85 bits per heavy atom. The molecule has 3 rings (SSSR count). The molecule has 0 fully saturated rings. The summed E-state index contributed by atoms with van der Waals surface area (Å²) in [5, 5.41) is 3.35. The van der Waals surface area contributed by atoms with Crippen LogP contribution in [0.4, 0.5) is 11.4 Å². The van der Waals surface area contributed by atoms with Crippen LogP contribution in [0, 0.1) is 0 Å². The van der Waals surface area contributed by atoms with Gasteiger partial charge in [0.15, 0.2) is 5.25 Å². The molecule has 0 unspecified atom stereocenters. The minimum Gasteiger partial charge on any atom is -0.494 e. The molecule has 0 radical (unpaired) electrons. The molecule has 0 spiro atoms. The Hall–Kier alpha value is -3.00. The number of Topliss-reactive ketones (excluding diaryl/α,β-unsaturated/α-hetero) is 1. The molecule has 1 heterocycles. The minimum atomic E-state index is -1.94. The van der Waals surface area contributed by atoms with E-state index in [1.165, 1.54) is 0 Å². The smallest absolute Gasteiger partial charge is 0.293 e. The van der Waals surface area contributed by atoms with Crippen molar-refractivity contribution in [3.8, 4) is 5.75 Å². The van der Waals surface area contributed by atoms with Gasteiger partial charge in [0.1, 0.15) is 5.75 Å². The van der Waals surface area contributed by atoms with E-state index in [4.69, 9.17) is 4.74 Å². The summed E-state index contributed by atoms with van der Waals surface area (Å²) in [4.78, 5) is 37.1. The molecule has 0 aromatic heterocycles. The first-order chi connectivity index (χ1) is 12.5. The number of ether oxygens (including phenoxy) is 1. The van der Waals surface area contributed by atoms with Gasteiger partial charge in [-0.3, -0.25) is 18.6 Å². The molecule has 2 N–H and O–H groups in total. The third-order valence-electron chi connectivity index (χ3n) is 3.70. The van der Waals surface area contributed by atoms with Crippen molar-refractivity contribution in [1.29, 1.82) is 0 Å². The maximum Gasteiger partial charge on any atom is 0.293 e. The van der Waals surface area contributed by atoms with Crippen LogP contribution in [0.2, 0.25) is 0 Å². The molecular weight excluding hydrogens is 356 g/mol. The van der Waals surface area contributed by atoms with E-state index in [0.29, 0.717) is 28.6 Å². The zero-order chi connectivity index (χ0) is 18.7. The zero-order valence-electron chi connectivity index (χ0n) is 13.9. The Morgan fingerprint density at radius 1 is 1.15 bits per heavy atom. The molecule has 1 aliphatic rings. The maximum absolute atomic E-state index is 12.6. The molecule has 2 aromatic rings. The lowest BCUT2D eigenvalue weighted by atomic mass is 10.2. The highest BCUT2D eigenvalue weighted by Crippen LogP contribution is 2.27. The number of carbonyl (C=O) groups excluding carboxylic acids is 3. The number of nitrogens with one attached hydrogen (secondary N) is 2. The fraction of sp³-hybridized carbons (Fsp3) is 0.167. The van der Waals surface area contributed by atoms with E-state index in [-0.39, 0.29) is 0 Å². The molecule has 134 valence electrons. The number of ketones is 1. The molecule has 26 heavy (non-hydrogen) atoms. The van der Waals surface area contributed by atoms with E-state index in [0.717, 1.165) is 0 Å².